The van der Waals surface area contributed by atoms with Crippen LogP contribution in [0.1, 0.15) is 57.8 Å². The molecule has 0 saturated carbocycles. The summed E-state index contributed by atoms with van der Waals surface area (Å²) in [4.78, 5) is 36.9. The molecule has 0 bridgehead atoms. The van der Waals surface area contributed by atoms with Gasteiger partial charge in [-0.15, -0.1) is 11.3 Å². The summed E-state index contributed by atoms with van der Waals surface area (Å²) in [6.45, 7) is 5.74. The second-order valence-corrected chi connectivity index (χ2v) is 9.95. The number of nitrogens with one attached hydrogen (secondary N) is 2. The van der Waals surface area contributed by atoms with Gasteiger partial charge >= 0.3 is 0 Å². The summed E-state index contributed by atoms with van der Waals surface area (Å²) in [6.07, 6.45) is 4.97. The van der Waals surface area contributed by atoms with Gasteiger partial charge < -0.3 is 20.6 Å². The van der Waals surface area contributed by atoms with Crippen molar-refractivity contribution in [2.75, 3.05) is 19.6 Å². The molecule has 0 spiro atoms. The smallest absolute Gasteiger partial charge is 0.255 e. The van der Waals surface area contributed by atoms with Gasteiger partial charge in [0, 0.05) is 55.7 Å². The lowest BCUT2D eigenvalue weighted by atomic mass is 10.00. The number of rotatable bonds is 14. The maximum absolute atomic E-state index is 13.8. The van der Waals surface area contributed by atoms with E-state index in [4.69, 9.17) is 0 Å². The summed E-state index contributed by atoms with van der Waals surface area (Å²) >= 11 is 1.46. The van der Waals surface area contributed by atoms with E-state index < -0.39 is 29.7 Å². The molecule has 204 valence electrons. The number of carbonyl (C=O) groups is 2. The van der Waals surface area contributed by atoms with Gasteiger partial charge in [-0.2, -0.15) is 0 Å². The Kier molecular flexibility index (Phi) is 11.3. The van der Waals surface area contributed by atoms with Crippen molar-refractivity contribution in [3.05, 3.63) is 81.6 Å². The molecule has 3 rings (SSSR count). The van der Waals surface area contributed by atoms with Crippen LogP contribution in [0.2, 0.25) is 0 Å². The molecule has 0 saturated heterocycles. The van der Waals surface area contributed by atoms with E-state index in [1.54, 1.807) is 16.6 Å². The first kappa shape index (κ1) is 29.3. The molecule has 0 fully saturated rings. The maximum Gasteiger partial charge on any atom is 0.255 e. The van der Waals surface area contributed by atoms with Crippen LogP contribution in [0.3, 0.4) is 0 Å². The van der Waals surface area contributed by atoms with Crippen molar-refractivity contribution in [2.45, 2.75) is 51.8 Å². The average Bonchev–Trinajstić information content (AvgIpc) is 3.41. The molecule has 8 nitrogen and oxygen atoms in total. The Balaban J connectivity index is 1.76. The van der Waals surface area contributed by atoms with Crippen LogP contribution < -0.4 is 10.6 Å². The van der Waals surface area contributed by atoms with Crippen LogP contribution in [-0.2, 0) is 13.0 Å². The zero-order valence-electron chi connectivity index (χ0n) is 21.5. The SMILES string of the molecule is CCCN(CCC)C(=O)c1cncc(C(=O)N[C@@H](Cc2cc(F)cc(F)c2)[C@H](O)CNCc2cncs2)c1. The minimum atomic E-state index is -1.08. The summed E-state index contributed by atoms with van der Waals surface area (Å²) in [6, 6.07) is 3.68. The topological polar surface area (TPSA) is 107 Å². The van der Waals surface area contributed by atoms with Gasteiger partial charge in [-0.3, -0.25) is 19.6 Å². The number of benzene rings is 1. The van der Waals surface area contributed by atoms with Crippen LogP contribution in [0.4, 0.5) is 8.78 Å². The lowest BCUT2D eigenvalue weighted by Gasteiger charge is -2.25. The molecule has 3 N–H and O–H groups in total. The summed E-state index contributed by atoms with van der Waals surface area (Å²) in [5.74, 6) is -2.27. The number of aromatic nitrogens is 2. The number of carbonyl (C=O) groups excluding carboxylic acids is 2. The summed E-state index contributed by atoms with van der Waals surface area (Å²) in [5.41, 5.74) is 2.41. The largest absolute Gasteiger partial charge is 0.390 e. The van der Waals surface area contributed by atoms with Crippen LogP contribution in [-0.4, -0.2) is 63.6 Å². The molecule has 2 aromatic heterocycles. The molecule has 0 unspecified atom stereocenters. The highest BCUT2D eigenvalue weighted by molar-refractivity contribution is 7.09. The van der Waals surface area contributed by atoms with E-state index in [1.807, 2.05) is 13.8 Å². The van der Waals surface area contributed by atoms with E-state index in [2.05, 4.69) is 20.6 Å². The molecule has 1 aromatic carbocycles. The molecule has 2 heterocycles. The van der Waals surface area contributed by atoms with Crippen molar-refractivity contribution in [3.8, 4) is 0 Å². The predicted molar refractivity (Wildman–Crippen MR) is 142 cm³/mol. The lowest BCUT2D eigenvalue weighted by Crippen LogP contribution is -2.48. The average molecular weight is 546 g/mol. The van der Waals surface area contributed by atoms with Crippen molar-refractivity contribution < 1.29 is 23.5 Å². The minimum absolute atomic E-state index is 0.0172. The Labute approximate surface area is 225 Å². The van der Waals surface area contributed by atoms with Gasteiger partial charge in [0.1, 0.15) is 11.6 Å². The van der Waals surface area contributed by atoms with Crippen molar-refractivity contribution in [1.82, 2.24) is 25.5 Å². The van der Waals surface area contributed by atoms with E-state index in [-0.39, 0.29) is 35.6 Å². The molecule has 0 aliphatic carbocycles. The van der Waals surface area contributed by atoms with Crippen LogP contribution in [0, 0.1) is 11.6 Å². The fraction of sp³-hybridized carbons (Fsp3) is 0.407. The zero-order valence-corrected chi connectivity index (χ0v) is 22.3. The highest BCUT2D eigenvalue weighted by Crippen LogP contribution is 2.14. The summed E-state index contributed by atoms with van der Waals surface area (Å²) in [7, 11) is 0. The van der Waals surface area contributed by atoms with Gasteiger partial charge in [-0.1, -0.05) is 13.8 Å². The predicted octanol–water partition coefficient (Wildman–Crippen LogP) is 3.57. The number of pyridine rings is 1. The Morgan fingerprint density at radius 2 is 1.68 bits per heavy atom. The van der Waals surface area contributed by atoms with Gasteiger partial charge in [0.2, 0.25) is 0 Å². The number of hydrogen-bond donors (Lipinski definition) is 3. The van der Waals surface area contributed by atoms with Gasteiger partial charge in [-0.25, -0.2) is 8.78 Å². The van der Waals surface area contributed by atoms with E-state index in [0.717, 1.165) is 35.9 Å². The second kappa shape index (κ2) is 14.6. The standard InChI is InChI=1S/C27H33F2N5O3S/c1-3-5-34(6-4-2)27(37)20-10-19(12-30-13-20)26(36)33-24(9-18-7-21(28)11-22(29)8-18)25(35)16-31-14-23-15-32-17-38-23/h7-8,10-13,15,17,24-25,31,35H,3-6,9,14,16H2,1-2H3,(H,33,36)/t24-,25+/m0/s1. The number of hydrogen-bond acceptors (Lipinski definition) is 7. The summed E-state index contributed by atoms with van der Waals surface area (Å²) < 4.78 is 27.6. The number of amides is 2. The molecule has 0 aliphatic rings. The monoisotopic (exact) mass is 545 g/mol. The molecular formula is C27H33F2N5O3S. The third kappa shape index (κ3) is 8.64. The van der Waals surface area contributed by atoms with Crippen molar-refractivity contribution in [2.24, 2.45) is 0 Å². The normalized spacial score (nSPS) is 12.7. The maximum atomic E-state index is 13.8. The van der Waals surface area contributed by atoms with Crippen molar-refractivity contribution >= 4 is 23.2 Å². The fourth-order valence-electron chi connectivity index (χ4n) is 4.05. The van der Waals surface area contributed by atoms with Crippen molar-refractivity contribution in [3.63, 3.8) is 0 Å². The van der Waals surface area contributed by atoms with Gasteiger partial charge in [0.25, 0.3) is 11.8 Å². The van der Waals surface area contributed by atoms with Gasteiger partial charge in [0.15, 0.2) is 0 Å². The molecule has 38 heavy (non-hydrogen) atoms. The zero-order chi connectivity index (χ0) is 27.5. The highest BCUT2D eigenvalue weighted by Gasteiger charge is 2.24. The van der Waals surface area contributed by atoms with Crippen LogP contribution in [0.15, 0.2) is 48.4 Å². The Morgan fingerprint density at radius 3 is 2.32 bits per heavy atom. The van der Waals surface area contributed by atoms with Gasteiger partial charge in [0.05, 0.1) is 28.8 Å². The molecule has 3 aromatic rings. The molecule has 0 radical (unpaired) electrons. The molecule has 2 amide bonds. The molecule has 11 heteroatoms. The molecule has 0 aliphatic heterocycles. The van der Waals surface area contributed by atoms with Crippen LogP contribution >= 0.6 is 11.3 Å². The van der Waals surface area contributed by atoms with E-state index >= 15 is 0 Å². The van der Waals surface area contributed by atoms with E-state index in [9.17, 15) is 23.5 Å². The quantitative estimate of drug-likeness (QED) is 0.286. The van der Waals surface area contributed by atoms with Crippen molar-refractivity contribution in [1.29, 1.82) is 0 Å². The van der Waals surface area contributed by atoms with Crippen LogP contribution in [0.25, 0.3) is 0 Å². The Bertz CT molecular complexity index is 1170. The first-order valence-electron chi connectivity index (χ1n) is 12.6. The number of halogens is 2. The second-order valence-electron chi connectivity index (χ2n) is 8.98. The van der Waals surface area contributed by atoms with Gasteiger partial charge in [-0.05, 0) is 43.0 Å². The number of aliphatic hydroxyl groups is 1. The number of nitrogens with zero attached hydrogens (tertiary/aromatic N) is 3. The van der Waals surface area contributed by atoms with E-state index in [0.29, 0.717) is 19.6 Å². The molecule has 2 atom stereocenters. The Hall–Kier alpha value is -3.28. The number of aliphatic hydroxyl groups excluding tert-OH is 1. The minimum Gasteiger partial charge on any atom is -0.390 e. The first-order valence-corrected chi connectivity index (χ1v) is 13.4. The molecular weight excluding hydrogens is 512 g/mol. The fourth-order valence-corrected chi connectivity index (χ4v) is 4.62. The number of thiazole rings is 1. The highest BCUT2D eigenvalue weighted by atomic mass is 32.1. The van der Waals surface area contributed by atoms with E-state index in [1.165, 1.54) is 29.8 Å². The third-order valence-corrected chi connectivity index (χ3v) is 6.60. The first-order chi connectivity index (χ1) is 18.3. The third-order valence-electron chi connectivity index (χ3n) is 5.82. The summed E-state index contributed by atoms with van der Waals surface area (Å²) in [5, 5.41) is 16.8. The lowest BCUT2D eigenvalue weighted by molar-refractivity contribution is 0.0755. The Morgan fingerprint density at radius 1 is 1.00 bits per heavy atom. The van der Waals surface area contributed by atoms with Crippen LogP contribution in [0.5, 0.6) is 0 Å².